The van der Waals surface area contributed by atoms with Crippen molar-refractivity contribution in [2.45, 2.75) is 26.4 Å². The van der Waals surface area contributed by atoms with Crippen LogP contribution < -0.4 is 4.74 Å². The molecule has 1 atom stereocenters. The van der Waals surface area contributed by atoms with Gasteiger partial charge in [0.2, 0.25) is 0 Å². The molecule has 4 heteroatoms. The molecule has 2 aromatic rings. The highest BCUT2D eigenvalue weighted by Gasteiger charge is 2.12. The number of aryl methyl sites for hydroxylation is 1. The van der Waals surface area contributed by atoms with Gasteiger partial charge in [-0.1, -0.05) is 18.5 Å². The van der Waals surface area contributed by atoms with E-state index in [0.29, 0.717) is 22.1 Å². The minimum absolute atomic E-state index is 0.404. The first kappa shape index (κ1) is 14.8. The Labute approximate surface area is 122 Å². The van der Waals surface area contributed by atoms with Crippen LogP contribution in [0.3, 0.4) is 0 Å². The molecule has 106 valence electrons. The van der Waals surface area contributed by atoms with E-state index in [9.17, 15) is 9.50 Å². The number of hydrogen-bond acceptors (Lipinski definition) is 2. The normalized spacial score (nSPS) is 12.2. The van der Waals surface area contributed by atoms with Gasteiger partial charge in [0.15, 0.2) is 0 Å². The summed E-state index contributed by atoms with van der Waals surface area (Å²) in [5.74, 6) is 0.643. The molecule has 0 aliphatic carbocycles. The largest absolute Gasteiger partial charge is 0.457 e. The second-order valence-electron chi connectivity index (χ2n) is 4.57. The van der Waals surface area contributed by atoms with Crippen LogP contribution in [0, 0.1) is 5.82 Å². The molecule has 0 unspecified atom stereocenters. The van der Waals surface area contributed by atoms with Crippen LogP contribution in [-0.2, 0) is 6.42 Å². The topological polar surface area (TPSA) is 29.5 Å². The maximum absolute atomic E-state index is 13.2. The highest BCUT2D eigenvalue weighted by molar-refractivity contribution is 6.31. The lowest BCUT2D eigenvalue weighted by molar-refractivity contribution is 0.195. The van der Waals surface area contributed by atoms with Crippen molar-refractivity contribution in [3.63, 3.8) is 0 Å². The van der Waals surface area contributed by atoms with Crippen LogP contribution in [0.1, 0.15) is 31.1 Å². The third-order valence-electron chi connectivity index (χ3n) is 3.05. The summed E-state index contributed by atoms with van der Waals surface area (Å²) in [6.45, 7) is 3.57. The standard InChI is InChI=1S/C16H16ClFO2/c1-3-11-8-13(5-6-15(11)17)20-16-7-4-12(18)9-14(16)10(2)19/h4-10,19H,3H2,1-2H3/t10-/m0/s1. The highest BCUT2D eigenvalue weighted by atomic mass is 35.5. The summed E-state index contributed by atoms with van der Waals surface area (Å²) >= 11 is 6.06. The van der Waals surface area contributed by atoms with E-state index in [1.807, 2.05) is 13.0 Å². The number of aliphatic hydroxyl groups excluding tert-OH is 1. The molecule has 0 fully saturated rings. The van der Waals surface area contributed by atoms with Gasteiger partial charge in [-0.05, 0) is 55.3 Å². The molecule has 2 nitrogen and oxygen atoms in total. The zero-order valence-electron chi connectivity index (χ0n) is 11.4. The van der Waals surface area contributed by atoms with Crippen LogP contribution >= 0.6 is 11.6 Å². The summed E-state index contributed by atoms with van der Waals surface area (Å²) in [6, 6.07) is 9.45. The quantitative estimate of drug-likeness (QED) is 0.870. The third-order valence-corrected chi connectivity index (χ3v) is 3.42. The second kappa shape index (κ2) is 6.25. The fourth-order valence-electron chi connectivity index (χ4n) is 1.95. The van der Waals surface area contributed by atoms with Crippen LogP contribution in [0.2, 0.25) is 5.02 Å². The van der Waals surface area contributed by atoms with E-state index in [-0.39, 0.29) is 0 Å². The molecule has 2 rings (SSSR count). The summed E-state index contributed by atoms with van der Waals surface area (Å²) in [5, 5.41) is 10.4. The number of aliphatic hydroxyl groups is 1. The molecule has 0 saturated carbocycles. The van der Waals surface area contributed by atoms with Crippen molar-refractivity contribution in [1.82, 2.24) is 0 Å². The molecule has 0 aliphatic heterocycles. The molecule has 0 heterocycles. The Morgan fingerprint density at radius 1 is 1.25 bits per heavy atom. The van der Waals surface area contributed by atoms with Crippen molar-refractivity contribution in [2.75, 3.05) is 0 Å². The molecule has 0 bridgehead atoms. The first-order chi connectivity index (χ1) is 9.51. The Bertz CT molecular complexity index is 611. The van der Waals surface area contributed by atoms with Gasteiger partial charge in [-0.2, -0.15) is 0 Å². The van der Waals surface area contributed by atoms with E-state index < -0.39 is 11.9 Å². The number of rotatable bonds is 4. The molecule has 1 N–H and O–H groups in total. The van der Waals surface area contributed by atoms with Crippen LogP contribution in [0.15, 0.2) is 36.4 Å². The van der Waals surface area contributed by atoms with Gasteiger partial charge in [-0.3, -0.25) is 0 Å². The zero-order valence-corrected chi connectivity index (χ0v) is 12.1. The Morgan fingerprint density at radius 3 is 2.65 bits per heavy atom. The van der Waals surface area contributed by atoms with Gasteiger partial charge >= 0.3 is 0 Å². The molecule has 0 aliphatic rings. The molecule has 20 heavy (non-hydrogen) atoms. The van der Waals surface area contributed by atoms with Gasteiger partial charge in [-0.25, -0.2) is 4.39 Å². The van der Waals surface area contributed by atoms with Crippen molar-refractivity contribution in [1.29, 1.82) is 0 Å². The van der Waals surface area contributed by atoms with E-state index >= 15 is 0 Å². The van der Waals surface area contributed by atoms with E-state index in [4.69, 9.17) is 16.3 Å². The molecular weight excluding hydrogens is 279 g/mol. The zero-order chi connectivity index (χ0) is 14.7. The first-order valence-corrected chi connectivity index (χ1v) is 6.83. The minimum atomic E-state index is -0.807. The summed E-state index contributed by atoms with van der Waals surface area (Å²) in [7, 11) is 0. The van der Waals surface area contributed by atoms with Gasteiger partial charge in [0.25, 0.3) is 0 Å². The Kier molecular flexibility index (Phi) is 4.63. The fourth-order valence-corrected chi connectivity index (χ4v) is 2.20. The summed E-state index contributed by atoms with van der Waals surface area (Å²) in [4.78, 5) is 0. The molecular formula is C16H16ClFO2. The third kappa shape index (κ3) is 3.30. The summed E-state index contributed by atoms with van der Waals surface area (Å²) in [5.41, 5.74) is 1.39. The predicted octanol–water partition coefficient (Wildman–Crippen LogP) is 4.89. The highest BCUT2D eigenvalue weighted by Crippen LogP contribution is 2.32. The van der Waals surface area contributed by atoms with Crippen molar-refractivity contribution in [3.8, 4) is 11.5 Å². The van der Waals surface area contributed by atoms with Gasteiger partial charge in [0.05, 0.1) is 6.10 Å². The summed E-state index contributed by atoms with van der Waals surface area (Å²) < 4.78 is 19.0. The van der Waals surface area contributed by atoms with Crippen molar-refractivity contribution in [3.05, 3.63) is 58.4 Å². The first-order valence-electron chi connectivity index (χ1n) is 6.45. The SMILES string of the molecule is CCc1cc(Oc2ccc(F)cc2[C@H](C)O)ccc1Cl. The molecule has 0 spiro atoms. The van der Waals surface area contributed by atoms with Gasteiger partial charge in [0.1, 0.15) is 17.3 Å². The van der Waals surface area contributed by atoms with Crippen LogP contribution in [0.4, 0.5) is 4.39 Å². The fraction of sp³-hybridized carbons (Fsp3) is 0.250. The van der Waals surface area contributed by atoms with E-state index in [1.165, 1.54) is 18.2 Å². The molecule has 0 aromatic heterocycles. The second-order valence-corrected chi connectivity index (χ2v) is 4.97. The Hall–Kier alpha value is -1.58. The van der Waals surface area contributed by atoms with Gasteiger partial charge < -0.3 is 9.84 Å². The lowest BCUT2D eigenvalue weighted by Gasteiger charge is -2.14. The lowest BCUT2D eigenvalue weighted by Crippen LogP contribution is -1.97. The molecule has 0 radical (unpaired) electrons. The average Bonchev–Trinajstić information content (AvgIpc) is 2.42. The minimum Gasteiger partial charge on any atom is -0.457 e. The Balaban J connectivity index is 2.34. The molecule has 2 aromatic carbocycles. The molecule has 0 saturated heterocycles. The molecule has 0 amide bonds. The van der Waals surface area contributed by atoms with Gasteiger partial charge in [0, 0.05) is 10.6 Å². The average molecular weight is 295 g/mol. The van der Waals surface area contributed by atoms with Crippen LogP contribution in [-0.4, -0.2) is 5.11 Å². The number of hydrogen-bond donors (Lipinski definition) is 1. The van der Waals surface area contributed by atoms with E-state index in [1.54, 1.807) is 19.1 Å². The van der Waals surface area contributed by atoms with Crippen molar-refractivity contribution in [2.24, 2.45) is 0 Å². The Morgan fingerprint density at radius 2 is 2.00 bits per heavy atom. The monoisotopic (exact) mass is 294 g/mol. The van der Waals surface area contributed by atoms with Crippen LogP contribution in [0.5, 0.6) is 11.5 Å². The van der Waals surface area contributed by atoms with Gasteiger partial charge in [-0.15, -0.1) is 0 Å². The number of halogens is 2. The summed E-state index contributed by atoms with van der Waals surface area (Å²) in [6.07, 6.45) is -0.0125. The van der Waals surface area contributed by atoms with E-state index in [2.05, 4.69) is 0 Å². The van der Waals surface area contributed by atoms with Crippen molar-refractivity contribution >= 4 is 11.6 Å². The predicted molar refractivity (Wildman–Crippen MR) is 77.9 cm³/mol. The lowest BCUT2D eigenvalue weighted by atomic mass is 10.1. The number of ether oxygens (including phenoxy) is 1. The smallest absolute Gasteiger partial charge is 0.133 e. The maximum Gasteiger partial charge on any atom is 0.133 e. The van der Waals surface area contributed by atoms with Crippen molar-refractivity contribution < 1.29 is 14.2 Å². The van der Waals surface area contributed by atoms with E-state index in [0.717, 1.165) is 12.0 Å². The van der Waals surface area contributed by atoms with Crippen LogP contribution in [0.25, 0.3) is 0 Å². The number of benzene rings is 2. The maximum atomic E-state index is 13.2.